The van der Waals surface area contributed by atoms with Gasteiger partial charge in [-0.2, -0.15) is 5.26 Å². The van der Waals surface area contributed by atoms with Crippen LogP contribution < -0.4 is 11.1 Å². The van der Waals surface area contributed by atoms with Gasteiger partial charge >= 0.3 is 0 Å². The average molecular weight is 335 g/mol. The van der Waals surface area contributed by atoms with Crippen LogP contribution in [0.1, 0.15) is 30.4 Å². The van der Waals surface area contributed by atoms with Crippen molar-refractivity contribution in [2.24, 2.45) is 11.7 Å². The Kier molecular flexibility index (Phi) is 6.30. The van der Waals surface area contributed by atoms with Gasteiger partial charge in [0, 0.05) is 5.92 Å². The highest BCUT2D eigenvalue weighted by atomic mass is 16.2. The molecule has 0 aromatic heterocycles. The first-order valence-electron chi connectivity index (χ1n) is 8.12. The van der Waals surface area contributed by atoms with Gasteiger partial charge in [0.1, 0.15) is 6.04 Å². The van der Waals surface area contributed by atoms with Crippen molar-refractivity contribution in [1.29, 1.82) is 5.26 Å². The van der Waals surface area contributed by atoms with Gasteiger partial charge in [0.05, 0.1) is 12.0 Å². The zero-order chi connectivity index (χ0) is 18.2. The van der Waals surface area contributed by atoms with Crippen molar-refractivity contribution >= 4 is 11.8 Å². The molecule has 0 unspecified atom stereocenters. The Bertz CT molecular complexity index is 714. The summed E-state index contributed by atoms with van der Waals surface area (Å²) in [7, 11) is 0. The normalized spacial score (nSPS) is 12.8. The molecule has 0 bridgehead atoms. The second-order valence-electron chi connectivity index (χ2n) is 5.98. The lowest BCUT2D eigenvalue weighted by Crippen LogP contribution is -2.47. The molecule has 0 saturated carbocycles. The Labute approximate surface area is 147 Å². The van der Waals surface area contributed by atoms with Crippen LogP contribution in [0.5, 0.6) is 0 Å². The van der Waals surface area contributed by atoms with E-state index in [2.05, 4.69) is 11.4 Å². The van der Waals surface area contributed by atoms with Gasteiger partial charge in [0.2, 0.25) is 11.8 Å². The SMILES string of the molecule is C[C@@H](C#N)C[C@@H](NC(=O)C(c1ccccc1)c1ccccc1)C(N)=O. The molecule has 0 aliphatic carbocycles. The van der Waals surface area contributed by atoms with E-state index >= 15 is 0 Å². The van der Waals surface area contributed by atoms with Crippen LogP contribution in [-0.2, 0) is 9.59 Å². The number of carbonyl (C=O) groups is 2. The van der Waals surface area contributed by atoms with Gasteiger partial charge in [0.25, 0.3) is 0 Å². The molecule has 2 rings (SSSR count). The number of benzene rings is 2. The topological polar surface area (TPSA) is 96.0 Å². The molecule has 0 spiro atoms. The number of hydrogen-bond donors (Lipinski definition) is 2. The van der Waals surface area contributed by atoms with Crippen LogP contribution in [0.3, 0.4) is 0 Å². The van der Waals surface area contributed by atoms with Crippen LogP contribution in [-0.4, -0.2) is 17.9 Å². The standard InChI is InChI=1S/C20H21N3O2/c1-14(13-21)12-17(19(22)24)23-20(25)18(15-8-4-2-5-9-15)16-10-6-3-7-11-16/h2-11,14,17-18H,12H2,1H3,(H2,22,24)(H,23,25)/t14-,17-/m1/s1. The fourth-order valence-electron chi connectivity index (χ4n) is 2.69. The molecule has 5 nitrogen and oxygen atoms in total. The van der Waals surface area contributed by atoms with E-state index in [0.717, 1.165) is 11.1 Å². The molecule has 0 saturated heterocycles. The Hall–Kier alpha value is -3.13. The third kappa shape index (κ3) is 4.92. The van der Waals surface area contributed by atoms with Gasteiger partial charge in [-0.05, 0) is 24.5 Å². The van der Waals surface area contributed by atoms with Crippen molar-refractivity contribution in [3.8, 4) is 6.07 Å². The molecule has 0 heterocycles. The van der Waals surface area contributed by atoms with Crippen LogP contribution in [0, 0.1) is 17.2 Å². The van der Waals surface area contributed by atoms with Crippen molar-refractivity contribution in [1.82, 2.24) is 5.32 Å². The highest BCUT2D eigenvalue weighted by Gasteiger charge is 2.27. The summed E-state index contributed by atoms with van der Waals surface area (Å²) in [5.74, 6) is -1.90. The van der Waals surface area contributed by atoms with Crippen molar-refractivity contribution in [3.63, 3.8) is 0 Å². The summed E-state index contributed by atoms with van der Waals surface area (Å²) in [6.07, 6.45) is 0.188. The molecule has 25 heavy (non-hydrogen) atoms. The average Bonchev–Trinajstić information content (AvgIpc) is 2.63. The lowest BCUT2D eigenvalue weighted by molar-refractivity contribution is -0.128. The first kappa shape index (κ1) is 18.2. The number of nitrogens with one attached hydrogen (secondary N) is 1. The molecule has 2 aromatic rings. The van der Waals surface area contributed by atoms with E-state index in [9.17, 15) is 9.59 Å². The molecule has 0 fully saturated rings. The molecule has 3 N–H and O–H groups in total. The fourth-order valence-corrected chi connectivity index (χ4v) is 2.69. The summed E-state index contributed by atoms with van der Waals surface area (Å²) in [6, 6.07) is 19.9. The summed E-state index contributed by atoms with van der Waals surface area (Å²) in [6.45, 7) is 1.69. The summed E-state index contributed by atoms with van der Waals surface area (Å²) in [5.41, 5.74) is 7.05. The summed E-state index contributed by atoms with van der Waals surface area (Å²) >= 11 is 0. The van der Waals surface area contributed by atoms with Gasteiger partial charge in [-0.3, -0.25) is 9.59 Å². The highest BCUT2D eigenvalue weighted by molar-refractivity contribution is 5.91. The molecule has 0 aliphatic rings. The first-order chi connectivity index (χ1) is 12.0. The molecule has 2 atom stereocenters. The number of nitrogens with two attached hydrogens (primary N) is 1. The molecule has 0 radical (unpaired) electrons. The zero-order valence-electron chi connectivity index (χ0n) is 14.1. The second kappa shape index (κ2) is 8.65. The molecule has 128 valence electrons. The first-order valence-corrected chi connectivity index (χ1v) is 8.12. The maximum Gasteiger partial charge on any atom is 0.240 e. The highest BCUT2D eigenvalue weighted by Crippen LogP contribution is 2.25. The van der Waals surface area contributed by atoms with Gasteiger partial charge < -0.3 is 11.1 Å². The number of nitriles is 1. The van der Waals surface area contributed by atoms with Crippen molar-refractivity contribution in [3.05, 3.63) is 71.8 Å². The molecular weight excluding hydrogens is 314 g/mol. The maximum absolute atomic E-state index is 12.9. The Morgan fingerprint density at radius 1 is 1.04 bits per heavy atom. The van der Waals surface area contributed by atoms with Crippen LogP contribution in [0.2, 0.25) is 0 Å². The lowest BCUT2D eigenvalue weighted by atomic mass is 9.90. The van der Waals surface area contributed by atoms with Crippen LogP contribution in [0.15, 0.2) is 60.7 Å². The largest absolute Gasteiger partial charge is 0.368 e. The number of rotatable bonds is 7. The Balaban J connectivity index is 2.29. The van der Waals surface area contributed by atoms with Gasteiger partial charge in [-0.1, -0.05) is 60.7 Å². The van der Waals surface area contributed by atoms with E-state index in [-0.39, 0.29) is 18.2 Å². The molecule has 2 amide bonds. The van der Waals surface area contributed by atoms with E-state index in [1.807, 2.05) is 60.7 Å². The molecule has 5 heteroatoms. The monoisotopic (exact) mass is 335 g/mol. The lowest BCUT2D eigenvalue weighted by Gasteiger charge is -2.22. The Morgan fingerprint density at radius 3 is 1.92 bits per heavy atom. The Morgan fingerprint density at radius 2 is 1.52 bits per heavy atom. The minimum absolute atomic E-state index is 0.188. The number of primary amides is 1. The fraction of sp³-hybridized carbons (Fsp3) is 0.250. The van der Waals surface area contributed by atoms with E-state index < -0.39 is 17.9 Å². The number of hydrogen-bond acceptors (Lipinski definition) is 3. The number of amides is 2. The smallest absolute Gasteiger partial charge is 0.240 e. The summed E-state index contributed by atoms with van der Waals surface area (Å²) < 4.78 is 0. The van der Waals surface area contributed by atoms with Gasteiger partial charge in [-0.15, -0.1) is 0 Å². The van der Waals surface area contributed by atoms with Crippen molar-refractivity contribution in [2.45, 2.75) is 25.3 Å². The quantitative estimate of drug-likeness (QED) is 0.813. The van der Waals surface area contributed by atoms with Gasteiger partial charge in [0.15, 0.2) is 0 Å². The summed E-state index contributed by atoms with van der Waals surface area (Å²) in [4.78, 5) is 24.6. The van der Waals surface area contributed by atoms with E-state index in [1.165, 1.54) is 0 Å². The number of nitrogens with zero attached hydrogens (tertiary/aromatic N) is 1. The minimum atomic E-state index is -0.878. The van der Waals surface area contributed by atoms with E-state index in [4.69, 9.17) is 11.0 Å². The van der Waals surface area contributed by atoms with Crippen LogP contribution in [0.25, 0.3) is 0 Å². The molecule has 0 aliphatic heterocycles. The van der Waals surface area contributed by atoms with Crippen LogP contribution in [0.4, 0.5) is 0 Å². The summed E-state index contributed by atoms with van der Waals surface area (Å²) in [5, 5.41) is 11.7. The van der Waals surface area contributed by atoms with Crippen LogP contribution >= 0.6 is 0 Å². The number of carbonyl (C=O) groups excluding carboxylic acids is 2. The molecular formula is C20H21N3O2. The van der Waals surface area contributed by atoms with Crippen molar-refractivity contribution < 1.29 is 9.59 Å². The third-order valence-corrected chi connectivity index (χ3v) is 4.00. The maximum atomic E-state index is 12.9. The minimum Gasteiger partial charge on any atom is -0.368 e. The zero-order valence-corrected chi connectivity index (χ0v) is 14.1. The van der Waals surface area contributed by atoms with Gasteiger partial charge in [-0.25, -0.2) is 0 Å². The van der Waals surface area contributed by atoms with E-state index in [0.29, 0.717) is 0 Å². The third-order valence-electron chi connectivity index (χ3n) is 4.00. The predicted octanol–water partition coefficient (Wildman–Crippen LogP) is 2.34. The predicted molar refractivity (Wildman–Crippen MR) is 95.2 cm³/mol. The van der Waals surface area contributed by atoms with E-state index in [1.54, 1.807) is 6.92 Å². The van der Waals surface area contributed by atoms with Crippen molar-refractivity contribution in [2.75, 3.05) is 0 Å². The molecule has 2 aromatic carbocycles. The second-order valence-corrected chi connectivity index (χ2v) is 5.98.